The van der Waals surface area contributed by atoms with Crippen LogP contribution in [-0.4, -0.2) is 37.2 Å². The Hall–Kier alpha value is -0.685. The van der Waals surface area contributed by atoms with E-state index >= 15 is 0 Å². The van der Waals surface area contributed by atoms with Gasteiger partial charge in [0.1, 0.15) is 6.04 Å². The molecule has 0 aliphatic heterocycles. The van der Waals surface area contributed by atoms with Gasteiger partial charge in [-0.25, -0.2) is 0 Å². The molecule has 0 fully saturated rings. The molecule has 7 heteroatoms. The van der Waals surface area contributed by atoms with Crippen LogP contribution in [0, 0.1) is 0 Å². The van der Waals surface area contributed by atoms with E-state index < -0.39 is 17.8 Å². The summed E-state index contributed by atoms with van der Waals surface area (Å²) in [5, 5.41) is 2.39. The van der Waals surface area contributed by atoms with Gasteiger partial charge in [0.05, 0.1) is 0 Å². The molecule has 13 heavy (non-hydrogen) atoms. The minimum absolute atomic E-state index is 0.482. The first-order valence-corrected chi connectivity index (χ1v) is 5.15. The molecule has 1 radical (unpaired) electrons. The Morgan fingerprint density at radius 3 is 2.62 bits per heavy atom. The summed E-state index contributed by atoms with van der Waals surface area (Å²) in [4.78, 5) is 21.6. The number of primary amides is 1. The molecule has 0 aromatic heterocycles. The fourth-order valence-corrected chi connectivity index (χ4v) is 1.21. The first-order valence-electron chi connectivity index (χ1n) is 3.75. The van der Waals surface area contributed by atoms with Gasteiger partial charge >= 0.3 is 7.41 Å². The van der Waals surface area contributed by atoms with E-state index in [1.807, 2.05) is 6.26 Å². The molecule has 5 N–H and O–H groups in total. The Labute approximate surface area is 82.2 Å². The van der Waals surface area contributed by atoms with Crippen molar-refractivity contribution in [1.29, 1.82) is 0 Å². The maximum atomic E-state index is 10.8. The number of rotatable bonds is 6. The predicted octanol–water partition coefficient (Wildman–Crippen LogP) is -1.12. The maximum Gasteiger partial charge on any atom is 0.323 e. The van der Waals surface area contributed by atoms with Crippen LogP contribution in [0.2, 0.25) is 0 Å². The Bertz CT molecular complexity index is 191. The van der Waals surface area contributed by atoms with E-state index in [1.165, 1.54) is 0 Å². The van der Waals surface area contributed by atoms with Crippen LogP contribution in [0.3, 0.4) is 0 Å². The fraction of sp³-hybridized carbons (Fsp3) is 0.667. The SMILES string of the molecule is CSCC[C@H](NC(=O)[B]N)C(N)=O. The summed E-state index contributed by atoms with van der Waals surface area (Å²) in [6.07, 6.45) is 2.44. The summed E-state index contributed by atoms with van der Waals surface area (Å²) in [6, 6.07) is -0.625. The maximum absolute atomic E-state index is 10.8. The molecule has 0 aliphatic carbocycles. The third-order valence-corrected chi connectivity index (χ3v) is 2.07. The Morgan fingerprint density at radius 1 is 1.62 bits per heavy atom. The third kappa shape index (κ3) is 5.54. The van der Waals surface area contributed by atoms with Crippen LogP contribution in [0.1, 0.15) is 6.42 Å². The van der Waals surface area contributed by atoms with Gasteiger partial charge in [-0.2, -0.15) is 11.8 Å². The molecule has 1 atom stereocenters. The molecule has 0 aromatic rings. The summed E-state index contributed by atoms with van der Waals surface area (Å²) in [7, 11) is 0.870. The number of thioether (sulfide) groups is 1. The number of hydrogen-bond acceptors (Lipinski definition) is 4. The van der Waals surface area contributed by atoms with E-state index in [0.29, 0.717) is 6.42 Å². The number of amides is 2. The summed E-state index contributed by atoms with van der Waals surface area (Å²) >= 11 is 1.58. The lowest BCUT2D eigenvalue weighted by Gasteiger charge is -2.13. The van der Waals surface area contributed by atoms with Crippen LogP contribution >= 0.6 is 11.8 Å². The molecule has 5 nitrogen and oxygen atoms in total. The molecule has 0 aromatic carbocycles. The highest BCUT2D eigenvalue weighted by atomic mass is 32.2. The Morgan fingerprint density at radius 2 is 2.23 bits per heavy atom. The average molecular weight is 202 g/mol. The summed E-state index contributed by atoms with van der Waals surface area (Å²) < 4.78 is 0. The van der Waals surface area contributed by atoms with Crippen molar-refractivity contribution in [3.05, 3.63) is 0 Å². The van der Waals surface area contributed by atoms with E-state index in [1.54, 1.807) is 11.8 Å². The zero-order chi connectivity index (χ0) is 10.3. The van der Waals surface area contributed by atoms with Gasteiger partial charge in [0.25, 0.3) is 0 Å². The van der Waals surface area contributed by atoms with Gasteiger partial charge in [0.2, 0.25) is 5.91 Å². The number of carbonyl (C=O) groups is 2. The van der Waals surface area contributed by atoms with E-state index in [9.17, 15) is 9.59 Å². The zero-order valence-electron chi connectivity index (χ0n) is 7.45. The van der Waals surface area contributed by atoms with Crippen LogP contribution in [-0.2, 0) is 4.79 Å². The molecule has 0 unspecified atom stereocenters. The number of nitrogens with two attached hydrogens (primary N) is 2. The Balaban J connectivity index is 3.94. The van der Waals surface area contributed by atoms with Gasteiger partial charge in [0.15, 0.2) is 5.81 Å². The zero-order valence-corrected chi connectivity index (χ0v) is 8.26. The highest BCUT2D eigenvalue weighted by Gasteiger charge is 2.16. The van der Waals surface area contributed by atoms with E-state index in [-0.39, 0.29) is 0 Å². The van der Waals surface area contributed by atoms with Crippen molar-refractivity contribution >= 4 is 30.9 Å². The molecule has 0 heterocycles. The molecule has 0 saturated heterocycles. The van der Waals surface area contributed by atoms with Crippen molar-refractivity contribution in [2.75, 3.05) is 12.0 Å². The van der Waals surface area contributed by atoms with Gasteiger partial charge in [-0.1, -0.05) is 0 Å². The van der Waals surface area contributed by atoms with E-state index in [2.05, 4.69) is 5.32 Å². The second-order valence-electron chi connectivity index (χ2n) is 2.41. The van der Waals surface area contributed by atoms with Crippen LogP contribution in [0.4, 0.5) is 4.79 Å². The van der Waals surface area contributed by atoms with Crippen molar-refractivity contribution in [2.24, 2.45) is 11.4 Å². The monoisotopic (exact) mass is 202 g/mol. The number of carbonyl (C=O) groups excluding carboxylic acids is 2. The topological polar surface area (TPSA) is 98.2 Å². The van der Waals surface area contributed by atoms with Crippen LogP contribution in [0.25, 0.3) is 0 Å². The quantitative estimate of drug-likeness (QED) is 0.475. The standard InChI is InChI=1S/C6H13BN3O2S/c1-13-3-2-4(5(8)11)10-6(12)7-9/h4H,2-3,9H2,1H3,(H2,8,11)(H,10,12)/t4-/m0/s1. The van der Waals surface area contributed by atoms with Crippen molar-refractivity contribution in [2.45, 2.75) is 12.5 Å². The van der Waals surface area contributed by atoms with Crippen LogP contribution in [0.15, 0.2) is 0 Å². The highest BCUT2D eigenvalue weighted by molar-refractivity contribution is 7.98. The largest absolute Gasteiger partial charge is 0.368 e. The molecular weight excluding hydrogens is 189 g/mol. The Kier molecular flexibility index (Phi) is 6.43. The summed E-state index contributed by atoms with van der Waals surface area (Å²) in [5.74, 6) is -0.257. The molecule has 73 valence electrons. The van der Waals surface area contributed by atoms with Gasteiger partial charge < -0.3 is 16.7 Å². The van der Waals surface area contributed by atoms with Crippen molar-refractivity contribution in [3.8, 4) is 0 Å². The highest BCUT2D eigenvalue weighted by Crippen LogP contribution is 1.99. The number of hydrogen-bond donors (Lipinski definition) is 3. The minimum atomic E-state index is -0.625. The average Bonchev–Trinajstić information content (AvgIpc) is 2.11. The van der Waals surface area contributed by atoms with Gasteiger partial charge in [-0.3, -0.25) is 9.59 Å². The van der Waals surface area contributed by atoms with Gasteiger partial charge in [0, 0.05) is 0 Å². The normalized spacial score (nSPS) is 11.8. The van der Waals surface area contributed by atoms with Crippen LogP contribution < -0.4 is 16.7 Å². The molecular formula is C6H13BN3O2S. The smallest absolute Gasteiger partial charge is 0.323 e. The lowest BCUT2D eigenvalue weighted by Crippen LogP contribution is -2.47. The second-order valence-corrected chi connectivity index (χ2v) is 3.40. The van der Waals surface area contributed by atoms with Crippen molar-refractivity contribution in [3.63, 3.8) is 0 Å². The van der Waals surface area contributed by atoms with Gasteiger partial charge in [-0.05, 0) is 18.4 Å². The molecule has 0 aliphatic rings. The van der Waals surface area contributed by atoms with E-state index in [0.717, 1.165) is 13.2 Å². The molecule has 0 rings (SSSR count). The summed E-state index contributed by atoms with van der Waals surface area (Å²) in [5.41, 5.74) is 10.0. The molecule has 0 bridgehead atoms. The lowest BCUT2D eigenvalue weighted by atomic mass is 9.95. The van der Waals surface area contributed by atoms with E-state index in [4.69, 9.17) is 11.4 Å². The van der Waals surface area contributed by atoms with Crippen LogP contribution in [0.5, 0.6) is 0 Å². The predicted molar refractivity (Wildman–Crippen MR) is 54.5 cm³/mol. The van der Waals surface area contributed by atoms with Crippen molar-refractivity contribution in [1.82, 2.24) is 5.32 Å². The first-order chi connectivity index (χ1) is 6.11. The fourth-order valence-electron chi connectivity index (χ4n) is 0.741. The molecule has 2 amide bonds. The summed E-state index contributed by atoms with van der Waals surface area (Å²) in [6.45, 7) is 0. The van der Waals surface area contributed by atoms with Crippen molar-refractivity contribution < 1.29 is 9.59 Å². The minimum Gasteiger partial charge on any atom is -0.368 e. The molecule has 0 spiro atoms. The number of nitrogens with one attached hydrogen (secondary N) is 1. The first kappa shape index (κ1) is 12.3. The lowest BCUT2D eigenvalue weighted by molar-refractivity contribution is -0.119. The van der Waals surface area contributed by atoms with Gasteiger partial charge in [-0.15, -0.1) is 0 Å². The second kappa shape index (κ2) is 6.79. The molecule has 0 saturated carbocycles. The third-order valence-electron chi connectivity index (χ3n) is 1.42.